The highest BCUT2D eigenvalue weighted by Crippen LogP contribution is 2.18. The Morgan fingerprint density at radius 1 is 1.21 bits per heavy atom. The van der Waals surface area contributed by atoms with Crippen molar-refractivity contribution in [1.82, 2.24) is 0 Å². The smallest absolute Gasteiger partial charge is 0.120 e. The van der Waals surface area contributed by atoms with Gasteiger partial charge >= 0.3 is 0 Å². The summed E-state index contributed by atoms with van der Waals surface area (Å²) in [4.78, 5) is 10.1. The zero-order valence-electron chi connectivity index (χ0n) is 9.05. The molecule has 0 bridgehead atoms. The van der Waals surface area contributed by atoms with E-state index >= 15 is 0 Å². The first-order chi connectivity index (χ1) is 6.70. The lowest BCUT2D eigenvalue weighted by Gasteiger charge is -2.12. The van der Waals surface area contributed by atoms with Crippen LogP contribution in [0.2, 0.25) is 0 Å². The number of allylic oxidation sites excluding steroid dienone is 1. The molecule has 0 rings (SSSR count). The predicted octanol–water partition coefficient (Wildman–Crippen LogP) is 3.96. The fourth-order valence-corrected chi connectivity index (χ4v) is 1.66. The van der Waals surface area contributed by atoms with E-state index in [1.165, 1.54) is 6.42 Å². The first-order valence-electron chi connectivity index (χ1n) is 5.39. The summed E-state index contributed by atoms with van der Waals surface area (Å²) in [5.74, 6) is 0.713. The Hall–Kier alpha value is -0.300. The maximum Gasteiger partial charge on any atom is 0.120 e. The summed E-state index contributed by atoms with van der Waals surface area (Å²) >= 11 is 6.06. The molecule has 0 radical (unpaired) electrons. The Morgan fingerprint density at radius 3 is 2.50 bits per heavy atom. The second-order valence-electron chi connectivity index (χ2n) is 3.89. The van der Waals surface area contributed by atoms with Gasteiger partial charge in [0.15, 0.2) is 0 Å². The van der Waals surface area contributed by atoms with Crippen LogP contribution in [0.1, 0.15) is 45.4 Å². The van der Waals surface area contributed by atoms with Gasteiger partial charge in [0.25, 0.3) is 0 Å². The van der Waals surface area contributed by atoms with Gasteiger partial charge in [-0.3, -0.25) is 0 Å². The lowest BCUT2D eigenvalue weighted by Crippen LogP contribution is -2.03. The molecule has 2 atom stereocenters. The molecule has 0 heterocycles. The van der Waals surface area contributed by atoms with Crippen LogP contribution in [0.3, 0.4) is 0 Å². The van der Waals surface area contributed by atoms with E-state index in [0.717, 1.165) is 32.0 Å². The second kappa shape index (κ2) is 9.26. The molecule has 0 aliphatic heterocycles. The van der Waals surface area contributed by atoms with E-state index in [4.69, 9.17) is 11.6 Å². The Labute approximate surface area is 92.5 Å². The monoisotopic (exact) mass is 216 g/mol. The van der Waals surface area contributed by atoms with E-state index in [0.29, 0.717) is 12.3 Å². The van der Waals surface area contributed by atoms with E-state index in [2.05, 4.69) is 13.5 Å². The van der Waals surface area contributed by atoms with Crippen molar-refractivity contribution >= 4 is 17.9 Å². The number of carbonyl (C=O) groups excluding carboxylic acids is 1. The summed E-state index contributed by atoms with van der Waals surface area (Å²) in [5.41, 5.74) is 0. The molecule has 14 heavy (non-hydrogen) atoms. The number of aldehydes is 1. The maximum atomic E-state index is 10.1. The van der Waals surface area contributed by atoms with E-state index in [-0.39, 0.29) is 5.38 Å². The fraction of sp³-hybridized carbons (Fsp3) is 0.750. The van der Waals surface area contributed by atoms with Gasteiger partial charge in [0.05, 0.1) is 0 Å². The van der Waals surface area contributed by atoms with Gasteiger partial charge in [0, 0.05) is 11.8 Å². The topological polar surface area (TPSA) is 17.1 Å². The lowest BCUT2D eigenvalue weighted by atomic mass is 9.98. The summed E-state index contributed by atoms with van der Waals surface area (Å²) in [6, 6.07) is 0. The Kier molecular flexibility index (Phi) is 9.06. The second-order valence-corrected chi connectivity index (χ2v) is 4.51. The van der Waals surface area contributed by atoms with Gasteiger partial charge in [-0.25, -0.2) is 0 Å². The van der Waals surface area contributed by atoms with Crippen molar-refractivity contribution in [2.45, 2.75) is 50.8 Å². The third-order valence-electron chi connectivity index (χ3n) is 2.43. The molecule has 0 spiro atoms. The normalized spacial score (nSPS) is 14.7. The molecule has 0 fully saturated rings. The van der Waals surface area contributed by atoms with Gasteiger partial charge in [-0.15, -0.1) is 18.2 Å². The minimum atomic E-state index is 0.173. The molecule has 82 valence electrons. The number of rotatable bonds is 9. The van der Waals surface area contributed by atoms with Gasteiger partial charge in [0.1, 0.15) is 6.29 Å². The third kappa shape index (κ3) is 8.31. The molecule has 0 saturated carbocycles. The van der Waals surface area contributed by atoms with Gasteiger partial charge in [-0.05, 0) is 38.0 Å². The van der Waals surface area contributed by atoms with Gasteiger partial charge in [0.2, 0.25) is 0 Å². The molecule has 2 unspecified atom stereocenters. The van der Waals surface area contributed by atoms with Crippen molar-refractivity contribution in [2.75, 3.05) is 0 Å². The van der Waals surface area contributed by atoms with Crippen LogP contribution in [0.5, 0.6) is 0 Å². The Bertz CT molecular complexity index is 138. The molecule has 0 aromatic carbocycles. The number of halogens is 1. The lowest BCUT2D eigenvalue weighted by molar-refractivity contribution is -0.107. The van der Waals surface area contributed by atoms with Gasteiger partial charge in [-0.1, -0.05) is 13.0 Å². The molecule has 2 heteroatoms. The molecule has 0 aliphatic rings. The Morgan fingerprint density at radius 2 is 1.93 bits per heavy atom. The highest BCUT2D eigenvalue weighted by Gasteiger charge is 2.07. The predicted molar refractivity (Wildman–Crippen MR) is 62.8 cm³/mol. The number of carbonyl (C=O) groups is 1. The first-order valence-corrected chi connectivity index (χ1v) is 5.83. The maximum absolute atomic E-state index is 10.1. The zero-order valence-corrected chi connectivity index (χ0v) is 9.80. The summed E-state index contributed by atoms with van der Waals surface area (Å²) in [6.07, 6.45) is 8.77. The van der Waals surface area contributed by atoms with Crippen molar-refractivity contribution in [3.05, 3.63) is 12.7 Å². The molecule has 0 N–H and O–H groups in total. The van der Waals surface area contributed by atoms with Crippen molar-refractivity contribution in [1.29, 1.82) is 0 Å². The van der Waals surface area contributed by atoms with Crippen LogP contribution in [-0.4, -0.2) is 11.7 Å². The number of alkyl halides is 1. The molecule has 0 aromatic rings. The Balaban J connectivity index is 3.39. The fourth-order valence-electron chi connectivity index (χ4n) is 1.41. The van der Waals surface area contributed by atoms with Gasteiger partial charge < -0.3 is 4.79 Å². The minimum absolute atomic E-state index is 0.173. The summed E-state index contributed by atoms with van der Waals surface area (Å²) < 4.78 is 0. The summed E-state index contributed by atoms with van der Waals surface area (Å²) in [6.45, 7) is 5.95. The van der Waals surface area contributed by atoms with Crippen molar-refractivity contribution in [3.8, 4) is 0 Å². The van der Waals surface area contributed by atoms with Crippen molar-refractivity contribution in [3.63, 3.8) is 0 Å². The summed E-state index contributed by atoms with van der Waals surface area (Å²) in [7, 11) is 0. The quantitative estimate of drug-likeness (QED) is 0.324. The largest absolute Gasteiger partial charge is 0.303 e. The average molecular weight is 217 g/mol. The van der Waals surface area contributed by atoms with Crippen LogP contribution in [0, 0.1) is 5.92 Å². The van der Waals surface area contributed by atoms with Crippen LogP contribution in [0.4, 0.5) is 0 Å². The third-order valence-corrected chi connectivity index (χ3v) is 2.87. The zero-order chi connectivity index (χ0) is 10.8. The van der Waals surface area contributed by atoms with Crippen LogP contribution in [-0.2, 0) is 4.79 Å². The number of hydrogen-bond donors (Lipinski definition) is 0. The van der Waals surface area contributed by atoms with Crippen molar-refractivity contribution < 1.29 is 4.79 Å². The highest BCUT2D eigenvalue weighted by molar-refractivity contribution is 6.20. The molecule has 0 aliphatic carbocycles. The standard InChI is InChI=1S/C12H21ClO/c1-3-4-6-11(2)8-9-12(13)7-5-10-14/h3,10-12H,1,4-9H2,2H3. The first kappa shape index (κ1) is 13.7. The van der Waals surface area contributed by atoms with E-state index in [9.17, 15) is 4.79 Å². The highest BCUT2D eigenvalue weighted by atomic mass is 35.5. The van der Waals surface area contributed by atoms with Crippen molar-refractivity contribution in [2.24, 2.45) is 5.92 Å². The van der Waals surface area contributed by atoms with E-state index < -0.39 is 0 Å². The average Bonchev–Trinajstić information content (AvgIpc) is 2.20. The summed E-state index contributed by atoms with van der Waals surface area (Å²) in [5, 5.41) is 0.173. The van der Waals surface area contributed by atoms with Crippen LogP contribution in [0.15, 0.2) is 12.7 Å². The van der Waals surface area contributed by atoms with Crippen LogP contribution >= 0.6 is 11.6 Å². The van der Waals surface area contributed by atoms with Gasteiger partial charge in [-0.2, -0.15) is 0 Å². The number of hydrogen-bond acceptors (Lipinski definition) is 1. The SMILES string of the molecule is C=CCCC(C)CCC(Cl)CCC=O. The minimum Gasteiger partial charge on any atom is -0.303 e. The van der Waals surface area contributed by atoms with E-state index in [1.54, 1.807) is 0 Å². The molecular weight excluding hydrogens is 196 g/mol. The molecule has 0 saturated heterocycles. The van der Waals surface area contributed by atoms with E-state index in [1.807, 2.05) is 6.08 Å². The molecule has 0 amide bonds. The molecular formula is C12H21ClO. The molecule has 1 nitrogen and oxygen atoms in total. The van der Waals surface area contributed by atoms with Crippen LogP contribution in [0.25, 0.3) is 0 Å². The molecule has 0 aromatic heterocycles. The van der Waals surface area contributed by atoms with Crippen LogP contribution < -0.4 is 0 Å².